The van der Waals surface area contributed by atoms with Gasteiger partial charge in [0.25, 0.3) is 5.69 Å². The molecule has 0 unspecified atom stereocenters. The molecule has 0 aliphatic rings. The molecule has 0 radical (unpaired) electrons. The van der Waals surface area contributed by atoms with Gasteiger partial charge in [-0.05, 0) is 29.8 Å². The number of nitro groups is 1. The highest BCUT2D eigenvalue weighted by Crippen LogP contribution is 2.26. The summed E-state index contributed by atoms with van der Waals surface area (Å²) in [7, 11) is 0. The van der Waals surface area contributed by atoms with E-state index in [0.717, 1.165) is 0 Å². The molecule has 5 nitrogen and oxygen atoms in total. The van der Waals surface area contributed by atoms with Gasteiger partial charge in [0, 0.05) is 12.1 Å². The summed E-state index contributed by atoms with van der Waals surface area (Å²) in [5.74, 6) is -0.610. The molecule has 0 N–H and O–H groups in total. The van der Waals surface area contributed by atoms with E-state index in [1.165, 1.54) is 30.3 Å². The van der Waals surface area contributed by atoms with Crippen LogP contribution in [-0.4, -0.2) is 10.9 Å². The zero-order valence-electron chi connectivity index (χ0n) is 10.6. The Bertz CT molecular complexity index is 686. The molecule has 0 spiro atoms. The summed E-state index contributed by atoms with van der Waals surface area (Å²) >= 11 is 11.7. The second-order valence-corrected chi connectivity index (χ2v) is 4.89. The number of non-ortho nitro benzene ring substituents is 1. The number of carbonyl (C=O) groups excluding carboxylic acids is 1. The molecule has 21 heavy (non-hydrogen) atoms. The van der Waals surface area contributed by atoms with Gasteiger partial charge in [-0.3, -0.25) is 10.1 Å². The minimum atomic E-state index is -0.610. The second-order valence-electron chi connectivity index (χ2n) is 4.10. The minimum absolute atomic E-state index is 0.0142. The maximum atomic E-state index is 11.9. The van der Waals surface area contributed by atoms with Crippen LogP contribution >= 0.6 is 23.2 Å². The predicted octanol–water partition coefficient (Wildman–Crippen LogP) is 4.26. The molecule has 0 saturated carbocycles. The third-order valence-electron chi connectivity index (χ3n) is 2.69. The number of hydrogen-bond donors (Lipinski definition) is 0. The molecule has 0 saturated heterocycles. The number of halogens is 2. The highest BCUT2D eigenvalue weighted by Gasteiger charge is 2.14. The van der Waals surface area contributed by atoms with E-state index in [0.29, 0.717) is 5.56 Å². The number of rotatable bonds is 4. The molecule has 0 aliphatic carbocycles. The molecule has 0 heterocycles. The Morgan fingerprint density at radius 1 is 1.14 bits per heavy atom. The third kappa shape index (κ3) is 3.71. The fourth-order valence-corrected chi connectivity index (χ4v) is 1.98. The predicted molar refractivity (Wildman–Crippen MR) is 78.7 cm³/mol. The first-order valence-electron chi connectivity index (χ1n) is 5.83. The lowest BCUT2D eigenvalue weighted by Gasteiger charge is -2.07. The van der Waals surface area contributed by atoms with Gasteiger partial charge in [0.15, 0.2) is 0 Å². The Hall–Kier alpha value is -2.11. The second kappa shape index (κ2) is 6.56. The van der Waals surface area contributed by atoms with Crippen molar-refractivity contribution in [2.24, 2.45) is 0 Å². The standard InChI is InChI=1S/C14H9Cl2NO4/c15-12-3-1-2-11(13(12)16)14(18)21-8-9-4-6-10(7-5-9)17(19)20/h1-7H,8H2. The van der Waals surface area contributed by atoms with Gasteiger partial charge in [0.1, 0.15) is 6.61 Å². The summed E-state index contributed by atoms with van der Waals surface area (Å²) in [5, 5.41) is 10.9. The molecule has 2 rings (SSSR count). The van der Waals surface area contributed by atoms with E-state index in [1.807, 2.05) is 0 Å². The average molecular weight is 326 g/mol. The van der Waals surface area contributed by atoms with Crippen molar-refractivity contribution in [3.8, 4) is 0 Å². The summed E-state index contributed by atoms with van der Waals surface area (Å²) < 4.78 is 5.10. The van der Waals surface area contributed by atoms with E-state index in [1.54, 1.807) is 12.1 Å². The van der Waals surface area contributed by atoms with Gasteiger partial charge in [-0.1, -0.05) is 29.3 Å². The summed E-state index contributed by atoms with van der Waals surface area (Å²) in [5.41, 5.74) is 0.779. The van der Waals surface area contributed by atoms with E-state index in [9.17, 15) is 14.9 Å². The van der Waals surface area contributed by atoms with Crippen LogP contribution in [0.1, 0.15) is 15.9 Å². The van der Waals surface area contributed by atoms with Crippen LogP contribution in [0.3, 0.4) is 0 Å². The Balaban J connectivity index is 2.04. The van der Waals surface area contributed by atoms with Gasteiger partial charge in [0.2, 0.25) is 0 Å². The van der Waals surface area contributed by atoms with Crippen molar-refractivity contribution in [1.82, 2.24) is 0 Å². The number of nitro benzene ring substituents is 1. The van der Waals surface area contributed by atoms with Crippen LogP contribution in [0.5, 0.6) is 0 Å². The number of nitrogens with zero attached hydrogens (tertiary/aromatic N) is 1. The summed E-state index contributed by atoms with van der Waals surface area (Å²) in [4.78, 5) is 21.9. The summed E-state index contributed by atoms with van der Waals surface area (Å²) in [6, 6.07) is 10.4. The average Bonchev–Trinajstić information content (AvgIpc) is 2.48. The van der Waals surface area contributed by atoms with Gasteiger partial charge in [-0.25, -0.2) is 4.79 Å². The van der Waals surface area contributed by atoms with Gasteiger partial charge >= 0.3 is 5.97 Å². The fraction of sp³-hybridized carbons (Fsp3) is 0.0714. The van der Waals surface area contributed by atoms with Crippen LogP contribution < -0.4 is 0 Å². The Kier molecular flexibility index (Phi) is 4.77. The molecule has 2 aromatic carbocycles. The van der Waals surface area contributed by atoms with Crippen molar-refractivity contribution >= 4 is 34.9 Å². The van der Waals surface area contributed by atoms with Crippen LogP contribution in [0.15, 0.2) is 42.5 Å². The Morgan fingerprint density at radius 3 is 2.43 bits per heavy atom. The first kappa shape index (κ1) is 15.3. The number of hydrogen-bond acceptors (Lipinski definition) is 4. The molecular weight excluding hydrogens is 317 g/mol. The van der Waals surface area contributed by atoms with Crippen LogP contribution in [0.25, 0.3) is 0 Å². The van der Waals surface area contributed by atoms with Crippen LogP contribution in [0.2, 0.25) is 10.0 Å². The van der Waals surface area contributed by atoms with Crippen molar-refractivity contribution in [3.63, 3.8) is 0 Å². The zero-order valence-corrected chi connectivity index (χ0v) is 12.1. The number of carbonyl (C=O) groups is 1. The van der Waals surface area contributed by atoms with E-state index >= 15 is 0 Å². The molecule has 0 aliphatic heterocycles. The lowest BCUT2D eigenvalue weighted by molar-refractivity contribution is -0.384. The molecule has 0 fully saturated rings. The van der Waals surface area contributed by atoms with Gasteiger partial charge in [-0.2, -0.15) is 0 Å². The first-order chi connectivity index (χ1) is 9.99. The van der Waals surface area contributed by atoms with Crippen molar-refractivity contribution in [2.75, 3.05) is 0 Å². The number of ether oxygens (including phenoxy) is 1. The normalized spacial score (nSPS) is 10.2. The van der Waals surface area contributed by atoms with Crippen molar-refractivity contribution < 1.29 is 14.5 Å². The van der Waals surface area contributed by atoms with E-state index in [4.69, 9.17) is 27.9 Å². The lowest BCUT2D eigenvalue weighted by atomic mass is 10.2. The third-order valence-corrected chi connectivity index (χ3v) is 3.51. The molecule has 0 aromatic heterocycles. The topological polar surface area (TPSA) is 69.4 Å². The fourth-order valence-electron chi connectivity index (χ4n) is 1.60. The Morgan fingerprint density at radius 2 is 1.81 bits per heavy atom. The highest BCUT2D eigenvalue weighted by molar-refractivity contribution is 6.43. The smallest absolute Gasteiger partial charge is 0.340 e. The highest BCUT2D eigenvalue weighted by atomic mass is 35.5. The maximum absolute atomic E-state index is 11.9. The molecule has 0 amide bonds. The van der Waals surface area contributed by atoms with E-state index in [2.05, 4.69) is 0 Å². The monoisotopic (exact) mass is 325 g/mol. The zero-order chi connectivity index (χ0) is 15.4. The van der Waals surface area contributed by atoms with Crippen LogP contribution in [-0.2, 0) is 11.3 Å². The van der Waals surface area contributed by atoms with Crippen LogP contribution in [0.4, 0.5) is 5.69 Å². The molecule has 0 bridgehead atoms. The lowest BCUT2D eigenvalue weighted by Crippen LogP contribution is -2.06. The van der Waals surface area contributed by atoms with Crippen LogP contribution in [0, 0.1) is 10.1 Å². The van der Waals surface area contributed by atoms with E-state index < -0.39 is 10.9 Å². The number of benzene rings is 2. The maximum Gasteiger partial charge on any atom is 0.340 e. The van der Waals surface area contributed by atoms with Gasteiger partial charge in [0.05, 0.1) is 20.5 Å². The summed E-state index contributed by atoms with van der Waals surface area (Å²) in [6.45, 7) is -0.0142. The Labute approximate surface area is 130 Å². The molecule has 108 valence electrons. The van der Waals surface area contributed by atoms with Crippen molar-refractivity contribution in [1.29, 1.82) is 0 Å². The largest absolute Gasteiger partial charge is 0.457 e. The van der Waals surface area contributed by atoms with E-state index in [-0.39, 0.29) is 27.9 Å². The quantitative estimate of drug-likeness (QED) is 0.478. The van der Waals surface area contributed by atoms with Gasteiger partial charge < -0.3 is 4.74 Å². The molecular formula is C14H9Cl2NO4. The van der Waals surface area contributed by atoms with Crippen molar-refractivity contribution in [2.45, 2.75) is 6.61 Å². The summed E-state index contributed by atoms with van der Waals surface area (Å²) in [6.07, 6.45) is 0. The molecule has 7 heteroatoms. The van der Waals surface area contributed by atoms with Gasteiger partial charge in [-0.15, -0.1) is 0 Å². The molecule has 2 aromatic rings. The molecule has 0 atom stereocenters. The van der Waals surface area contributed by atoms with Crippen molar-refractivity contribution in [3.05, 3.63) is 73.8 Å². The minimum Gasteiger partial charge on any atom is -0.457 e. The SMILES string of the molecule is O=C(OCc1ccc([N+](=O)[O-])cc1)c1cccc(Cl)c1Cl. The number of esters is 1. The first-order valence-corrected chi connectivity index (χ1v) is 6.59.